The van der Waals surface area contributed by atoms with Gasteiger partial charge in [-0.2, -0.15) is 19.4 Å². The van der Waals surface area contributed by atoms with Crippen LogP contribution in [0.2, 0.25) is 0 Å². The molecular formula is C31H42FN6O7P. The fourth-order valence-corrected chi connectivity index (χ4v) is 6.58. The Hall–Kier alpha value is -3.60. The molecule has 0 radical (unpaired) electrons. The molecule has 1 aliphatic heterocycles. The number of aromatic nitrogens is 4. The number of terminal acetylenes is 1. The first kappa shape index (κ1) is 35.3. The third-order valence-corrected chi connectivity index (χ3v) is 9.27. The number of carbonyl (C=O) groups excluding carboxylic acids is 1. The number of ether oxygens (including phenoxy) is 2. The topological polar surface area (TPSA) is 173 Å². The van der Waals surface area contributed by atoms with Crippen LogP contribution in [0.25, 0.3) is 11.2 Å². The van der Waals surface area contributed by atoms with Crippen molar-refractivity contribution in [3.05, 3.63) is 42.7 Å². The van der Waals surface area contributed by atoms with E-state index in [0.717, 1.165) is 25.7 Å². The van der Waals surface area contributed by atoms with Crippen molar-refractivity contribution in [2.75, 3.05) is 18.9 Å². The van der Waals surface area contributed by atoms with E-state index in [1.165, 1.54) is 43.5 Å². The highest BCUT2D eigenvalue weighted by molar-refractivity contribution is 7.52. The number of esters is 1. The minimum atomic E-state index is -4.32. The number of aliphatic hydroxyl groups excluding tert-OH is 1. The molecule has 0 spiro atoms. The van der Waals surface area contributed by atoms with Crippen molar-refractivity contribution in [1.82, 2.24) is 24.6 Å². The summed E-state index contributed by atoms with van der Waals surface area (Å²) in [5.41, 5.74) is 4.13. The molecule has 0 aliphatic carbocycles. The molecule has 13 nitrogen and oxygen atoms in total. The number of halogens is 1. The van der Waals surface area contributed by atoms with Gasteiger partial charge in [-0.15, -0.1) is 6.42 Å². The number of rotatable bonds is 18. The van der Waals surface area contributed by atoms with Gasteiger partial charge in [0.05, 0.1) is 12.9 Å². The maximum Gasteiger partial charge on any atom is 0.459 e. The van der Waals surface area contributed by atoms with Gasteiger partial charge < -0.3 is 24.8 Å². The fourth-order valence-electron chi connectivity index (χ4n) is 5.06. The second-order valence-corrected chi connectivity index (χ2v) is 12.9. The lowest BCUT2D eigenvalue weighted by Crippen LogP contribution is -2.43. The molecule has 0 bridgehead atoms. The smallest absolute Gasteiger partial charge is 0.459 e. The largest absolute Gasteiger partial charge is 0.465 e. The van der Waals surface area contributed by atoms with Crippen molar-refractivity contribution in [3.8, 4) is 18.1 Å². The van der Waals surface area contributed by atoms with E-state index in [9.17, 15) is 18.9 Å². The number of anilines is 1. The summed E-state index contributed by atoms with van der Waals surface area (Å²) in [6.45, 7) is 3.29. The maximum absolute atomic E-state index is 14.0. The number of unbranched alkanes of at least 4 members (excludes halogenated alkanes) is 7. The Bertz CT molecular complexity index is 1540. The molecule has 2 aromatic heterocycles. The number of nitrogens with two attached hydrogens (primary N) is 1. The van der Waals surface area contributed by atoms with Gasteiger partial charge in [-0.3, -0.25) is 13.9 Å². The Morgan fingerprint density at radius 3 is 2.63 bits per heavy atom. The average Bonchev–Trinajstić information content (AvgIpc) is 3.60. The molecular weight excluding hydrogens is 618 g/mol. The molecule has 15 heteroatoms. The summed E-state index contributed by atoms with van der Waals surface area (Å²) in [7, 11) is -4.32. The average molecular weight is 661 g/mol. The van der Waals surface area contributed by atoms with Crippen LogP contribution in [0.5, 0.6) is 5.75 Å². The quantitative estimate of drug-likeness (QED) is 0.0545. The second kappa shape index (κ2) is 16.3. The van der Waals surface area contributed by atoms with Crippen LogP contribution in [0.4, 0.5) is 10.2 Å². The van der Waals surface area contributed by atoms with Crippen molar-refractivity contribution in [2.24, 2.45) is 0 Å². The van der Waals surface area contributed by atoms with Crippen LogP contribution >= 0.6 is 7.75 Å². The molecule has 46 heavy (non-hydrogen) atoms. The zero-order chi connectivity index (χ0) is 33.2. The minimum Gasteiger partial charge on any atom is -0.465 e. The number of nitrogen functional groups attached to an aromatic ring is 1. The van der Waals surface area contributed by atoms with E-state index in [1.807, 2.05) is 0 Å². The highest BCUT2D eigenvalue weighted by atomic mass is 31.2. The Morgan fingerprint density at radius 2 is 1.93 bits per heavy atom. The van der Waals surface area contributed by atoms with Gasteiger partial charge in [0, 0.05) is 6.42 Å². The highest BCUT2D eigenvalue weighted by Crippen LogP contribution is 2.48. The minimum absolute atomic E-state index is 0.0370. The zero-order valence-corrected chi connectivity index (χ0v) is 27.0. The van der Waals surface area contributed by atoms with E-state index < -0.39 is 50.4 Å². The highest BCUT2D eigenvalue weighted by Gasteiger charge is 2.50. The molecule has 1 aromatic carbocycles. The van der Waals surface area contributed by atoms with Crippen molar-refractivity contribution >= 4 is 30.7 Å². The number of benzene rings is 1. The van der Waals surface area contributed by atoms with Gasteiger partial charge >= 0.3 is 19.8 Å². The lowest BCUT2D eigenvalue weighted by Gasteiger charge is -2.29. The zero-order valence-electron chi connectivity index (χ0n) is 26.1. The standard InChI is InChI=1S/C31H42FN6O7P/c1-4-6-7-8-9-10-11-15-18-42-29(40)22(3)37-46(41,45-23-16-13-12-14-17-23)43-20-31(5-2)24(39)19-25(44-31)38-21-34-26-27(33)35-30(32)36-28(26)38/h2,12-14,16-17,21-22,24-25,39H,4,6-11,15,18-20H2,1,3H3,(H,37,41)(H2,33,35,36)/t22-,24-,25+,31+,46+/m0/s1. The number of para-hydroxylation sites is 1. The van der Waals surface area contributed by atoms with Crippen LogP contribution in [0, 0.1) is 18.4 Å². The number of fused-ring (bicyclic) bond motifs is 1. The van der Waals surface area contributed by atoms with Crippen LogP contribution < -0.4 is 15.3 Å². The van der Waals surface area contributed by atoms with Crippen LogP contribution in [-0.4, -0.2) is 61.6 Å². The van der Waals surface area contributed by atoms with Gasteiger partial charge in [0.25, 0.3) is 0 Å². The van der Waals surface area contributed by atoms with Gasteiger partial charge in [0.2, 0.25) is 0 Å². The third kappa shape index (κ3) is 9.02. The van der Waals surface area contributed by atoms with Gasteiger partial charge in [-0.25, -0.2) is 9.55 Å². The van der Waals surface area contributed by atoms with E-state index >= 15 is 0 Å². The van der Waals surface area contributed by atoms with Crippen molar-refractivity contribution < 1.29 is 37.4 Å². The number of nitrogens with one attached hydrogen (secondary N) is 1. The number of hydrogen-bond donors (Lipinski definition) is 3. The van der Waals surface area contributed by atoms with Gasteiger partial charge in [0.1, 0.15) is 30.7 Å². The van der Waals surface area contributed by atoms with E-state index in [1.54, 1.807) is 30.3 Å². The Kier molecular flexibility index (Phi) is 12.5. The van der Waals surface area contributed by atoms with Crippen LogP contribution in [0.1, 0.15) is 77.9 Å². The van der Waals surface area contributed by atoms with Gasteiger partial charge in [-0.1, -0.05) is 76.0 Å². The molecule has 1 saturated heterocycles. The van der Waals surface area contributed by atoms with Gasteiger partial charge in [0.15, 0.2) is 22.6 Å². The van der Waals surface area contributed by atoms with Gasteiger partial charge in [-0.05, 0) is 25.5 Å². The molecule has 3 aromatic rings. The summed E-state index contributed by atoms with van der Waals surface area (Å²) in [6.07, 6.45) is 12.5. The summed E-state index contributed by atoms with van der Waals surface area (Å²) in [4.78, 5) is 24.1. The van der Waals surface area contributed by atoms with E-state index in [0.29, 0.717) is 0 Å². The molecule has 5 atom stereocenters. The Balaban J connectivity index is 1.40. The number of carbonyl (C=O) groups is 1. The normalized spacial score (nSPS) is 21.5. The lowest BCUT2D eigenvalue weighted by molar-refractivity contribution is -0.145. The maximum atomic E-state index is 14.0. The summed E-state index contributed by atoms with van der Waals surface area (Å²) in [5.74, 6) is 1.80. The molecule has 0 unspecified atom stereocenters. The molecule has 0 amide bonds. The summed E-state index contributed by atoms with van der Waals surface area (Å²) in [6, 6.07) is 7.14. The lowest BCUT2D eigenvalue weighted by atomic mass is 9.99. The Morgan fingerprint density at radius 1 is 1.24 bits per heavy atom. The SMILES string of the molecule is C#C[C@]1(CO[P@](=O)(N[C@@H](C)C(=O)OCCCCCCCCCC)Oc2ccccc2)O[C@@H](n2cnc3c(N)nc(F)nc32)C[C@@H]1O. The number of aliphatic hydroxyl groups is 1. The number of imidazole rings is 1. The van der Waals surface area contributed by atoms with Crippen LogP contribution in [0.3, 0.4) is 0 Å². The first-order valence-electron chi connectivity index (χ1n) is 15.5. The number of nitrogens with zero attached hydrogens (tertiary/aromatic N) is 4. The molecule has 0 saturated carbocycles. The summed E-state index contributed by atoms with van der Waals surface area (Å²) >= 11 is 0. The predicted octanol–water partition coefficient (Wildman–Crippen LogP) is 5.07. The molecule has 1 aliphatic rings. The number of hydrogen-bond acceptors (Lipinski definition) is 11. The predicted molar refractivity (Wildman–Crippen MR) is 169 cm³/mol. The molecule has 4 N–H and O–H groups in total. The summed E-state index contributed by atoms with van der Waals surface area (Å²) in [5, 5.41) is 13.6. The Labute approximate surface area is 268 Å². The van der Waals surface area contributed by atoms with Crippen LogP contribution in [0.15, 0.2) is 36.7 Å². The van der Waals surface area contributed by atoms with Crippen molar-refractivity contribution in [1.29, 1.82) is 0 Å². The molecule has 4 rings (SSSR count). The van der Waals surface area contributed by atoms with E-state index in [-0.39, 0.29) is 35.8 Å². The second-order valence-electron chi connectivity index (χ2n) is 11.2. The molecule has 250 valence electrons. The first-order valence-corrected chi connectivity index (χ1v) is 17.1. The first-order chi connectivity index (χ1) is 22.1. The third-order valence-electron chi connectivity index (χ3n) is 7.65. The molecule has 3 heterocycles. The van der Waals surface area contributed by atoms with Crippen molar-refractivity contribution in [2.45, 2.75) is 95.6 Å². The van der Waals surface area contributed by atoms with E-state index in [4.69, 9.17) is 30.7 Å². The fraction of sp³-hybridized carbons (Fsp3) is 0.548. The van der Waals surface area contributed by atoms with Crippen molar-refractivity contribution in [3.63, 3.8) is 0 Å². The van der Waals surface area contributed by atoms with E-state index in [2.05, 4.69) is 32.9 Å². The monoisotopic (exact) mass is 660 g/mol. The van der Waals surface area contributed by atoms with Crippen LogP contribution in [-0.2, 0) is 23.4 Å². The summed E-state index contributed by atoms with van der Waals surface area (Å²) < 4.78 is 52.2. The molecule has 1 fully saturated rings.